The third kappa shape index (κ3) is 5.37. The Kier molecular flexibility index (Phi) is 7.65. The maximum atomic E-state index is 13.2. The van der Waals surface area contributed by atoms with Crippen molar-refractivity contribution in [1.29, 1.82) is 0 Å². The number of aromatic hydroxyl groups is 1. The van der Waals surface area contributed by atoms with Gasteiger partial charge in [-0.15, -0.1) is 0 Å². The molecule has 1 aromatic heterocycles. The second kappa shape index (κ2) is 10.6. The molecule has 0 saturated heterocycles. The zero-order valence-electron chi connectivity index (χ0n) is 19.9. The Morgan fingerprint density at radius 3 is 2.51 bits per heavy atom. The summed E-state index contributed by atoms with van der Waals surface area (Å²) in [5.41, 5.74) is 1.20. The molecule has 10 heteroatoms. The zero-order chi connectivity index (χ0) is 25.7. The van der Waals surface area contributed by atoms with Crippen LogP contribution in [0.5, 0.6) is 17.2 Å². The summed E-state index contributed by atoms with van der Waals surface area (Å²) in [7, 11) is 4.58. The van der Waals surface area contributed by atoms with E-state index in [0.717, 1.165) is 4.90 Å². The second-order valence-electron chi connectivity index (χ2n) is 7.75. The number of carboxylic acids is 1. The molecular weight excluding hydrogens is 454 g/mol. The first-order valence-electron chi connectivity index (χ1n) is 10.7. The maximum Gasteiger partial charge on any atom is 0.326 e. The number of amides is 2. The third-order valence-electron chi connectivity index (χ3n) is 5.37. The van der Waals surface area contributed by atoms with Crippen LogP contribution >= 0.6 is 0 Å². The Hall–Kier alpha value is -4.47. The van der Waals surface area contributed by atoms with Gasteiger partial charge in [0.25, 0.3) is 5.56 Å². The van der Waals surface area contributed by atoms with E-state index in [9.17, 15) is 19.5 Å². The van der Waals surface area contributed by atoms with E-state index in [4.69, 9.17) is 14.6 Å². The zero-order valence-corrected chi connectivity index (χ0v) is 19.9. The van der Waals surface area contributed by atoms with Gasteiger partial charge in [0.2, 0.25) is 0 Å². The number of rotatable bonds is 8. The van der Waals surface area contributed by atoms with Crippen LogP contribution < -0.4 is 25.2 Å². The van der Waals surface area contributed by atoms with Gasteiger partial charge in [0.1, 0.15) is 17.2 Å². The first-order valence-corrected chi connectivity index (χ1v) is 10.7. The van der Waals surface area contributed by atoms with Gasteiger partial charge in [0.05, 0.1) is 26.3 Å². The molecule has 10 nitrogen and oxygen atoms in total. The Morgan fingerprint density at radius 2 is 1.86 bits per heavy atom. The van der Waals surface area contributed by atoms with E-state index in [1.54, 1.807) is 50.4 Å². The highest BCUT2D eigenvalue weighted by Crippen LogP contribution is 2.37. The largest absolute Gasteiger partial charge is 0.505 e. The number of urea groups is 1. The van der Waals surface area contributed by atoms with Gasteiger partial charge in [-0.2, -0.15) is 0 Å². The van der Waals surface area contributed by atoms with E-state index in [1.807, 2.05) is 6.07 Å². The molecule has 0 saturated carbocycles. The maximum absolute atomic E-state index is 13.2. The minimum Gasteiger partial charge on any atom is -0.505 e. The standard InChI is InChI=1S/C25H27N3O7/c1-15-14-27(2)24(32)22(23(15)31)28(25(33)26-11-10-21(29)30)17-7-5-6-16(12-17)19-9-8-18(34-3)13-20(19)35-4/h5-9,12-14,31H,10-11H2,1-4H3,(H,26,33)(H,29,30). The summed E-state index contributed by atoms with van der Waals surface area (Å²) in [5, 5.41) is 22.2. The van der Waals surface area contributed by atoms with Crippen molar-refractivity contribution in [2.24, 2.45) is 7.05 Å². The summed E-state index contributed by atoms with van der Waals surface area (Å²) in [6.45, 7) is 1.45. The van der Waals surface area contributed by atoms with E-state index in [2.05, 4.69) is 5.32 Å². The summed E-state index contributed by atoms with van der Waals surface area (Å²) in [6.07, 6.45) is 1.15. The lowest BCUT2D eigenvalue weighted by Gasteiger charge is -2.25. The number of ether oxygens (including phenoxy) is 2. The molecule has 0 unspecified atom stereocenters. The van der Waals surface area contributed by atoms with E-state index in [0.29, 0.717) is 28.2 Å². The van der Waals surface area contributed by atoms with E-state index >= 15 is 0 Å². The molecule has 0 atom stereocenters. The van der Waals surface area contributed by atoms with Crippen LogP contribution in [0.2, 0.25) is 0 Å². The Morgan fingerprint density at radius 1 is 1.11 bits per heavy atom. The average molecular weight is 482 g/mol. The Bertz CT molecular complexity index is 1320. The van der Waals surface area contributed by atoms with Crippen molar-refractivity contribution >= 4 is 23.4 Å². The summed E-state index contributed by atoms with van der Waals surface area (Å²) in [4.78, 5) is 38.2. The Labute approximate surface area is 202 Å². The van der Waals surface area contributed by atoms with Gasteiger partial charge in [-0.25, -0.2) is 4.79 Å². The minimum atomic E-state index is -1.08. The van der Waals surface area contributed by atoms with Crippen molar-refractivity contribution in [2.75, 3.05) is 25.7 Å². The predicted octanol–water partition coefficient (Wildman–Crippen LogP) is 3.41. The van der Waals surface area contributed by atoms with Crippen LogP contribution in [0.25, 0.3) is 11.1 Å². The fraction of sp³-hybridized carbons (Fsp3) is 0.240. The molecule has 0 fully saturated rings. The van der Waals surface area contributed by atoms with Gasteiger partial charge in [0.15, 0.2) is 5.69 Å². The van der Waals surface area contributed by atoms with Crippen LogP contribution in [0, 0.1) is 6.92 Å². The SMILES string of the molecule is COc1ccc(-c2cccc(N(C(=O)NCCC(=O)O)c3c(O)c(C)cn(C)c3=O)c2)c(OC)c1. The van der Waals surface area contributed by atoms with E-state index < -0.39 is 17.6 Å². The molecule has 3 rings (SSSR count). The molecule has 0 aliphatic carbocycles. The number of nitrogens with one attached hydrogen (secondary N) is 1. The molecule has 0 aliphatic heterocycles. The predicted molar refractivity (Wildman–Crippen MR) is 131 cm³/mol. The summed E-state index contributed by atoms with van der Waals surface area (Å²) >= 11 is 0. The number of hydrogen-bond acceptors (Lipinski definition) is 6. The van der Waals surface area contributed by atoms with Gasteiger partial charge < -0.3 is 29.6 Å². The van der Waals surface area contributed by atoms with Crippen molar-refractivity contribution < 1.29 is 29.3 Å². The summed E-state index contributed by atoms with van der Waals surface area (Å²) in [5.74, 6) is -0.295. The number of pyridine rings is 1. The van der Waals surface area contributed by atoms with Gasteiger partial charge in [0, 0.05) is 37.0 Å². The number of carbonyl (C=O) groups excluding carboxylic acids is 1. The molecule has 3 aromatic rings. The quantitative estimate of drug-likeness (QED) is 0.449. The highest BCUT2D eigenvalue weighted by atomic mass is 16.5. The highest BCUT2D eigenvalue weighted by Gasteiger charge is 2.26. The monoisotopic (exact) mass is 481 g/mol. The number of aliphatic carboxylic acids is 1. The van der Waals surface area contributed by atoms with Gasteiger partial charge in [-0.05, 0) is 36.8 Å². The number of hydrogen-bond donors (Lipinski definition) is 3. The topological polar surface area (TPSA) is 130 Å². The van der Waals surface area contributed by atoms with Crippen molar-refractivity contribution in [1.82, 2.24) is 9.88 Å². The molecule has 2 amide bonds. The molecule has 35 heavy (non-hydrogen) atoms. The van der Waals surface area contributed by atoms with Crippen LogP contribution in [-0.2, 0) is 11.8 Å². The van der Waals surface area contributed by atoms with Gasteiger partial charge >= 0.3 is 12.0 Å². The molecule has 0 aliphatic rings. The number of aryl methyl sites for hydroxylation is 2. The molecule has 0 bridgehead atoms. The molecule has 184 valence electrons. The fourth-order valence-corrected chi connectivity index (χ4v) is 3.62. The molecule has 0 radical (unpaired) electrons. The van der Waals surface area contributed by atoms with Crippen LogP contribution in [0.15, 0.2) is 53.5 Å². The smallest absolute Gasteiger partial charge is 0.326 e. The first kappa shape index (κ1) is 25.2. The van der Waals surface area contributed by atoms with E-state index in [1.165, 1.54) is 24.9 Å². The molecule has 3 N–H and O–H groups in total. The number of benzene rings is 2. The minimum absolute atomic E-state index is 0.163. The first-order chi connectivity index (χ1) is 16.7. The number of aromatic nitrogens is 1. The number of methoxy groups -OCH3 is 2. The fourth-order valence-electron chi connectivity index (χ4n) is 3.62. The number of carbonyl (C=O) groups is 2. The van der Waals surface area contributed by atoms with Crippen molar-refractivity contribution in [3.63, 3.8) is 0 Å². The van der Waals surface area contributed by atoms with E-state index in [-0.39, 0.29) is 30.1 Å². The third-order valence-corrected chi connectivity index (χ3v) is 5.37. The molecule has 2 aromatic carbocycles. The van der Waals surface area contributed by atoms with Crippen LogP contribution in [0.1, 0.15) is 12.0 Å². The summed E-state index contributed by atoms with van der Waals surface area (Å²) < 4.78 is 12.0. The van der Waals surface area contributed by atoms with Crippen molar-refractivity contribution in [3.05, 3.63) is 64.6 Å². The molecular formula is C25H27N3O7. The average Bonchev–Trinajstić information content (AvgIpc) is 2.84. The highest BCUT2D eigenvalue weighted by molar-refractivity contribution is 6.01. The van der Waals surface area contributed by atoms with Crippen molar-refractivity contribution in [2.45, 2.75) is 13.3 Å². The number of nitrogens with zero attached hydrogens (tertiary/aromatic N) is 2. The van der Waals surface area contributed by atoms with Crippen LogP contribution in [0.4, 0.5) is 16.2 Å². The van der Waals surface area contributed by atoms with Gasteiger partial charge in [-0.1, -0.05) is 12.1 Å². The second-order valence-corrected chi connectivity index (χ2v) is 7.75. The lowest BCUT2D eigenvalue weighted by atomic mass is 10.0. The molecule has 1 heterocycles. The lowest BCUT2D eigenvalue weighted by Crippen LogP contribution is -2.41. The number of anilines is 2. The molecule has 0 spiro atoms. The summed E-state index contributed by atoms with van der Waals surface area (Å²) in [6, 6.07) is 11.3. The normalized spacial score (nSPS) is 10.5. The lowest BCUT2D eigenvalue weighted by molar-refractivity contribution is -0.136. The number of carboxylic acid groups (broad SMARTS) is 1. The Balaban J connectivity index is 2.17. The van der Waals surface area contributed by atoms with Gasteiger partial charge in [-0.3, -0.25) is 14.5 Å². The van der Waals surface area contributed by atoms with Crippen molar-refractivity contribution in [3.8, 4) is 28.4 Å². The van der Waals surface area contributed by atoms with Crippen LogP contribution in [0.3, 0.4) is 0 Å². The van der Waals surface area contributed by atoms with Crippen LogP contribution in [-0.4, -0.2) is 47.5 Å².